The third-order valence-corrected chi connectivity index (χ3v) is 1.10. The summed E-state index contributed by atoms with van der Waals surface area (Å²) in [4.78, 5) is 0. The van der Waals surface area contributed by atoms with Crippen molar-refractivity contribution in [1.29, 1.82) is 0 Å². The highest BCUT2D eigenvalue weighted by Crippen LogP contribution is 2.11. The maximum Gasteiger partial charge on any atom is 0.254 e. The SMILES string of the molecule is COc1cc(/C=C/CO)on1. The van der Waals surface area contributed by atoms with Gasteiger partial charge in [0.1, 0.15) is 0 Å². The van der Waals surface area contributed by atoms with Crippen LogP contribution in [0.2, 0.25) is 0 Å². The summed E-state index contributed by atoms with van der Waals surface area (Å²) in [6, 6.07) is 1.63. The van der Waals surface area contributed by atoms with Gasteiger partial charge in [0.25, 0.3) is 5.88 Å². The number of nitrogens with zero attached hydrogens (tertiary/aromatic N) is 1. The highest BCUT2D eigenvalue weighted by atomic mass is 16.5. The Kier molecular flexibility index (Phi) is 2.68. The molecule has 1 N–H and O–H groups in total. The third kappa shape index (κ3) is 2.09. The first-order valence-electron chi connectivity index (χ1n) is 3.15. The number of aliphatic hydroxyl groups excluding tert-OH is 1. The number of rotatable bonds is 3. The minimum atomic E-state index is -0.0109. The Hall–Kier alpha value is -1.29. The highest BCUT2D eigenvalue weighted by Gasteiger charge is 1.97. The van der Waals surface area contributed by atoms with Crippen LogP contribution in [0.25, 0.3) is 6.08 Å². The van der Waals surface area contributed by atoms with Gasteiger partial charge in [-0.1, -0.05) is 6.08 Å². The Bertz CT molecular complexity index is 242. The normalized spacial score (nSPS) is 10.7. The monoisotopic (exact) mass is 155 g/mol. The van der Waals surface area contributed by atoms with Crippen molar-refractivity contribution in [2.45, 2.75) is 0 Å². The van der Waals surface area contributed by atoms with Gasteiger partial charge in [-0.05, 0) is 11.2 Å². The second-order valence-corrected chi connectivity index (χ2v) is 1.86. The molecule has 0 bridgehead atoms. The van der Waals surface area contributed by atoms with E-state index >= 15 is 0 Å². The Morgan fingerprint density at radius 2 is 2.64 bits per heavy atom. The minimum Gasteiger partial charge on any atom is -0.479 e. The lowest BCUT2D eigenvalue weighted by molar-refractivity contribution is 0.335. The van der Waals surface area contributed by atoms with Crippen LogP contribution in [-0.4, -0.2) is 24.0 Å². The van der Waals surface area contributed by atoms with E-state index in [9.17, 15) is 0 Å². The van der Waals surface area contributed by atoms with E-state index in [0.717, 1.165) is 0 Å². The quantitative estimate of drug-likeness (QED) is 0.697. The van der Waals surface area contributed by atoms with Gasteiger partial charge in [-0.15, -0.1) is 0 Å². The molecular weight excluding hydrogens is 146 g/mol. The second-order valence-electron chi connectivity index (χ2n) is 1.86. The largest absolute Gasteiger partial charge is 0.479 e. The minimum absolute atomic E-state index is 0.0109. The van der Waals surface area contributed by atoms with Crippen molar-refractivity contribution in [3.05, 3.63) is 17.9 Å². The molecule has 0 unspecified atom stereocenters. The first kappa shape index (κ1) is 7.81. The van der Waals surface area contributed by atoms with Crippen molar-refractivity contribution < 1.29 is 14.4 Å². The van der Waals surface area contributed by atoms with Crippen molar-refractivity contribution in [2.24, 2.45) is 0 Å². The van der Waals surface area contributed by atoms with Gasteiger partial charge < -0.3 is 14.4 Å². The Balaban J connectivity index is 2.65. The van der Waals surface area contributed by atoms with Gasteiger partial charge >= 0.3 is 0 Å². The fourth-order valence-corrected chi connectivity index (χ4v) is 0.616. The molecular formula is C7H9NO3. The zero-order chi connectivity index (χ0) is 8.10. The fraction of sp³-hybridized carbons (Fsp3) is 0.286. The van der Waals surface area contributed by atoms with E-state index in [-0.39, 0.29) is 6.61 Å². The molecule has 4 heteroatoms. The molecule has 0 aromatic carbocycles. The highest BCUT2D eigenvalue weighted by molar-refractivity contribution is 5.43. The van der Waals surface area contributed by atoms with Crippen LogP contribution >= 0.6 is 0 Å². The van der Waals surface area contributed by atoms with E-state index in [1.54, 1.807) is 18.2 Å². The van der Waals surface area contributed by atoms with Crippen LogP contribution in [0.1, 0.15) is 5.76 Å². The molecule has 0 aliphatic rings. The van der Waals surface area contributed by atoms with Gasteiger partial charge in [-0.2, -0.15) is 0 Å². The summed E-state index contributed by atoms with van der Waals surface area (Å²) in [5.74, 6) is 0.999. The van der Waals surface area contributed by atoms with Gasteiger partial charge in [0.2, 0.25) is 0 Å². The van der Waals surface area contributed by atoms with Gasteiger partial charge in [-0.25, -0.2) is 0 Å². The molecule has 0 saturated heterocycles. The smallest absolute Gasteiger partial charge is 0.254 e. The average molecular weight is 155 g/mol. The first-order valence-corrected chi connectivity index (χ1v) is 3.15. The van der Waals surface area contributed by atoms with Gasteiger partial charge in [-0.3, -0.25) is 0 Å². The van der Waals surface area contributed by atoms with Crippen LogP contribution in [0.15, 0.2) is 16.7 Å². The maximum absolute atomic E-state index is 8.41. The molecule has 0 fully saturated rings. The lowest BCUT2D eigenvalue weighted by Crippen LogP contribution is -1.78. The number of aromatic nitrogens is 1. The Labute approximate surface area is 64.1 Å². The molecule has 0 spiro atoms. The summed E-state index contributed by atoms with van der Waals surface area (Å²) >= 11 is 0. The Morgan fingerprint density at radius 3 is 3.18 bits per heavy atom. The summed E-state index contributed by atoms with van der Waals surface area (Å²) in [5, 5.41) is 12.0. The van der Waals surface area contributed by atoms with E-state index in [0.29, 0.717) is 11.6 Å². The molecule has 60 valence electrons. The lowest BCUT2D eigenvalue weighted by atomic mass is 10.4. The molecule has 0 saturated carbocycles. The molecule has 0 amide bonds. The van der Waals surface area contributed by atoms with Crippen LogP contribution in [-0.2, 0) is 0 Å². The predicted octanol–water partition coefficient (Wildman–Crippen LogP) is 0.689. The molecule has 11 heavy (non-hydrogen) atoms. The molecule has 0 aliphatic carbocycles. The molecule has 0 radical (unpaired) electrons. The standard InChI is InChI=1S/C7H9NO3/c1-10-7-5-6(11-8-7)3-2-4-9/h2-3,5,9H,4H2,1H3/b3-2+. The zero-order valence-electron chi connectivity index (χ0n) is 6.15. The average Bonchev–Trinajstić information content (AvgIpc) is 2.48. The van der Waals surface area contributed by atoms with Gasteiger partial charge in [0, 0.05) is 6.07 Å². The summed E-state index contributed by atoms with van der Waals surface area (Å²) in [5.41, 5.74) is 0. The number of hydrogen-bond acceptors (Lipinski definition) is 4. The van der Waals surface area contributed by atoms with E-state index in [2.05, 4.69) is 5.16 Å². The Morgan fingerprint density at radius 1 is 1.82 bits per heavy atom. The molecule has 1 aromatic heterocycles. The van der Waals surface area contributed by atoms with E-state index < -0.39 is 0 Å². The molecule has 0 atom stereocenters. The summed E-state index contributed by atoms with van der Waals surface area (Å²) in [6.07, 6.45) is 3.18. The maximum atomic E-state index is 8.41. The van der Waals surface area contributed by atoms with Crippen LogP contribution in [0, 0.1) is 0 Å². The van der Waals surface area contributed by atoms with E-state index in [1.165, 1.54) is 7.11 Å². The molecule has 1 aromatic rings. The first-order chi connectivity index (χ1) is 5.36. The van der Waals surface area contributed by atoms with Crippen molar-refractivity contribution in [3.8, 4) is 5.88 Å². The number of methoxy groups -OCH3 is 1. The fourth-order valence-electron chi connectivity index (χ4n) is 0.616. The van der Waals surface area contributed by atoms with E-state index in [1.807, 2.05) is 0 Å². The van der Waals surface area contributed by atoms with Crippen LogP contribution in [0.5, 0.6) is 5.88 Å². The van der Waals surface area contributed by atoms with Gasteiger partial charge in [0.05, 0.1) is 13.7 Å². The lowest BCUT2D eigenvalue weighted by Gasteiger charge is -1.83. The van der Waals surface area contributed by atoms with Crippen molar-refractivity contribution >= 4 is 6.08 Å². The summed E-state index contributed by atoms with van der Waals surface area (Å²) in [6.45, 7) is -0.0109. The van der Waals surface area contributed by atoms with Crippen molar-refractivity contribution in [3.63, 3.8) is 0 Å². The van der Waals surface area contributed by atoms with Crippen LogP contribution in [0.4, 0.5) is 0 Å². The molecule has 0 aliphatic heterocycles. The van der Waals surface area contributed by atoms with E-state index in [4.69, 9.17) is 14.4 Å². The molecule has 4 nitrogen and oxygen atoms in total. The van der Waals surface area contributed by atoms with Crippen LogP contribution < -0.4 is 4.74 Å². The number of hydrogen-bond donors (Lipinski definition) is 1. The topological polar surface area (TPSA) is 55.5 Å². The second kappa shape index (κ2) is 3.78. The predicted molar refractivity (Wildman–Crippen MR) is 39.2 cm³/mol. The molecule has 1 heterocycles. The van der Waals surface area contributed by atoms with Crippen molar-refractivity contribution in [2.75, 3.05) is 13.7 Å². The summed E-state index contributed by atoms with van der Waals surface area (Å²) < 4.78 is 9.56. The zero-order valence-corrected chi connectivity index (χ0v) is 6.15. The van der Waals surface area contributed by atoms with Crippen molar-refractivity contribution in [1.82, 2.24) is 5.16 Å². The van der Waals surface area contributed by atoms with Crippen LogP contribution in [0.3, 0.4) is 0 Å². The third-order valence-electron chi connectivity index (χ3n) is 1.10. The van der Waals surface area contributed by atoms with Gasteiger partial charge in [0.15, 0.2) is 5.76 Å². The molecule has 1 rings (SSSR count). The number of aliphatic hydroxyl groups is 1. The summed E-state index contributed by atoms with van der Waals surface area (Å²) in [7, 11) is 1.51. The number of ether oxygens (including phenoxy) is 1.